The number of nitro groups is 1. The van der Waals surface area contributed by atoms with Crippen molar-refractivity contribution in [2.75, 3.05) is 13.1 Å². The lowest BCUT2D eigenvalue weighted by atomic mass is 10.2. The van der Waals surface area contributed by atoms with E-state index in [0.29, 0.717) is 5.56 Å². The number of benzene rings is 1. The number of hydrogen-bond acceptors (Lipinski definition) is 4. The van der Waals surface area contributed by atoms with E-state index in [9.17, 15) is 10.1 Å². The topological polar surface area (TPSA) is 58.7 Å². The summed E-state index contributed by atoms with van der Waals surface area (Å²) in [5.41, 5.74) is 0.613. The molecule has 6 heteroatoms. The van der Waals surface area contributed by atoms with Gasteiger partial charge in [-0.25, -0.2) is 0 Å². The summed E-state index contributed by atoms with van der Waals surface area (Å²) in [5, 5.41) is 17.3. The third-order valence-corrected chi connectivity index (χ3v) is 3.44. The van der Waals surface area contributed by atoms with E-state index in [1.54, 1.807) is 12.3 Å². The SMILES string of the molecule is O=[N+]([O-])c1cc(/C=N/N2CCCCCC2)ccc1Cl. The summed E-state index contributed by atoms with van der Waals surface area (Å²) in [7, 11) is 0. The lowest BCUT2D eigenvalue weighted by Crippen LogP contribution is -2.18. The fourth-order valence-electron chi connectivity index (χ4n) is 2.07. The number of rotatable bonds is 3. The average molecular weight is 282 g/mol. The van der Waals surface area contributed by atoms with Gasteiger partial charge in [-0.15, -0.1) is 0 Å². The minimum atomic E-state index is -0.481. The zero-order chi connectivity index (χ0) is 13.7. The molecule has 102 valence electrons. The lowest BCUT2D eigenvalue weighted by molar-refractivity contribution is -0.384. The van der Waals surface area contributed by atoms with Crippen molar-refractivity contribution in [3.63, 3.8) is 0 Å². The highest BCUT2D eigenvalue weighted by molar-refractivity contribution is 6.32. The van der Waals surface area contributed by atoms with E-state index in [0.717, 1.165) is 25.9 Å². The fraction of sp³-hybridized carbons (Fsp3) is 0.462. The Labute approximate surface area is 117 Å². The van der Waals surface area contributed by atoms with Crippen LogP contribution in [0.4, 0.5) is 5.69 Å². The second kappa shape index (κ2) is 6.52. The fourth-order valence-corrected chi connectivity index (χ4v) is 2.25. The summed E-state index contributed by atoms with van der Waals surface area (Å²) < 4.78 is 0. The number of halogens is 1. The Morgan fingerprint density at radius 1 is 1.26 bits per heavy atom. The van der Waals surface area contributed by atoms with Gasteiger partial charge < -0.3 is 0 Å². The summed E-state index contributed by atoms with van der Waals surface area (Å²) in [6.07, 6.45) is 6.46. The largest absolute Gasteiger partial charge is 0.297 e. The van der Waals surface area contributed by atoms with Crippen molar-refractivity contribution in [3.8, 4) is 0 Å². The first kappa shape index (κ1) is 13.8. The molecule has 0 amide bonds. The van der Waals surface area contributed by atoms with Gasteiger partial charge in [0.2, 0.25) is 0 Å². The normalized spacial score (nSPS) is 16.6. The van der Waals surface area contributed by atoms with E-state index in [-0.39, 0.29) is 10.7 Å². The molecule has 1 aromatic rings. The molecule has 5 nitrogen and oxygen atoms in total. The molecule has 0 unspecified atom stereocenters. The van der Waals surface area contributed by atoms with Crippen LogP contribution in [0.3, 0.4) is 0 Å². The van der Waals surface area contributed by atoms with Crippen LogP contribution in [0.25, 0.3) is 0 Å². The van der Waals surface area contributed by atoms with Crippen molar-refractivity contribution >= 4 is 23.5 Å². The van der Waals surface area contributed by atoms with Crippen LogP contribution >= 0.6 is 11.6 Å². The van der Waals surface area contributed by atoms with Gasteiger partial charge in [0.05, 0.1) is 11.1 Å². The van der Waals surface area contributed by atoms with E-state index < -0.39 is 4.92 Å². The van der Waals surface area contributed by atoms with Gasteiger partial charge in [-0.05, 0) is 18.9 Å². The van der Waals surface area contributed by atoms with Gasteiger partial charge in [0.1, 0.15) is 5.02 Å². The van der Waals surface area contributed by atoms with E-state index >= 15 is 0 Å². The molecule has 19 heavy (non-hydrogen) atoms. The number of nitro benzene ring substituents is 1. The predicted molar refractivity (Wildman–Crippen MR) is 75.7 cm³/mol. The summed E-state index contributed by atoms with van der Waals surface area (Å²) in [6, 6.07) is 4.71. The van der Waals surface area contributed by atoms with Crippen LogP contribution in [0, 0.1) is 10.1 Å². The Kier molecular flexibility index (Phi) is 4.74. The summed E-state index contributed by atoms with van der Waals surface area (Å²) >= 11 is 5.77. The minimum absolute atomic E-state index is 0.0820. The molecule has 0 atom stereocenters. The van der Waals surface area contributed by atoms with E-state index in [2.05, 4.69) is 5.10 Å². The van der Waals surface area contributed by atoms with Gasteiger partial charge in [0.15, 0.2) is 0 Å². The van der Waals surface area contributed by atoms with Crippen molar-refractivity contribution in [1.82, 2.24) is 5.01 Å². The highest BCUT2D eigenvalue weighted by Crippen LogP contribution is 2.24. The van der Waals surface area contributed by atoms with Crippen LogP contribution in [0.15, 0.2) is 23.3 Å². The average Bonchev–Trinajstić information content (AvgIpc) is 2.66. The molecule has 0 saturated carbocycles. The molecule has 0 aliphatic carbocycles. The molecule has 0 bridgehead atoms. The monoisotopic (exact) mass is 281 g/mol. The molecule has 1 aliphatic heterocycles. The standard InChI is InChI=1S/C13H16ClN3O2/c14-12-6-5-11(9-13(12)17(18)19)10-15-16-7-3-1-2-4-8-16/h5-6,9-10H,1-4,7-8H2/b15-10+. The molecular formula is C13H16ClN3O2. The molecule has 0 spiro atoms. The maximum Gasteiger partial charge on any atom is 0.288 e. The van der Waals surface area contributed by atoms with Crippen molar-refractivity contribution < 1.29 is 4.92 Å². The zero-order valence-corrected chi connectivity index (χ0v) is 11.3. The Hall–Kier alpha value is -1.62. The number of hydrazone groups is 1. The highest BCUT2D eigenvalue weighted by atomic mass is 35.5. The van der Waals surface area contributed by atoms with Gasteiger partial charge in [0.25, 0.3) is 5.69 Å². The van der Waals surface area contributed by atoms with Gasteiger partial charge in [-0.2, -0.15) is 5.10 Å². The molecule has 2 rings (SSSR count). The predicted octanol–water partition coefficient (Wildman–Crippen LogP) is 3.46. The number of nitrogens with zero attached hydrogens (tertiary/aromatic N) is 3. The lowest BCUT2D eigenvalue weighted by Gasteiger charge is -2.15. The Morgan fingerprint density at radius 2 is 1.95 bits per heavy atom. The van der Waals surface area contributed by atoms with Crippen molar-refractivity contribution in [1.29, 1.82) is 0 Å². The Morgan fingerprint density at radius 3 is 2.58 bits per heavy atom. The number of hydrogen-bond donors (Lipinski definition) is 0. The highest BCUT2D eigenvalue weighted by Gasteiger charge is 2.12. The molecule has 0 N–H and O–H groups in total. The van der Waals surface area contributed by atoms with E-state index in [1.165, 1.54) is 25.0 Å². The van der Waals surface area contributed by atoms with Crippen LogP contribution in [-0.2, 0) is 0 Å². The van der Waals surface area contributed by atoms with Gasteiger partial charge in [-0.1, -0.05) is 30.5 Å². The molecule has 1 fully saturated rings. The van der Waals surface area contributed by atoms with Gasteiger partial charge in [-0.3, -0.25) is 15.1 Å². The second-order valence-corrected chi connectivity index (χ2v) is 4.99. The first-order valence-electron chi connectivity index (χ1n) is 6.40. The smallest absolute Gasteiger partial charge is 0.288 e. The summed E-state index contributed by atoms with van der Waals surface area (Å²) in [4.78, 5) is 10.3. The Balaban J connectivity index is 2.09. The van der Waals surface area contributed by atoms with Crippen molar-refractivity contribution in [2.24, 2.45) is 5.10 Å². The Bertz CT molecular complexity index is 483. The third-order valence-electron chi connectivity index (χ3n) is 3.12. The maximum atomic E-state index is 10.8. The van der Waals surface area contributed by atoms with E-state index in [1.807, 2.05) is 5.01 Å². The van der Waals surface area contributed by atoms with Crippen LogP contribution in [-0.4, -0.2) is 29.2 Å². The molecule has 0 radical (unpaired) electrons. The van der Waals surface area contributed by atoms with Crippen LogP contribution in [0.2, 0.25) is 5.02 Å². The first-order chi connectivity index (χ1) is 9.16. The minimum Gasteiger partial charge on any atom is -0.297 e. The van der Waals surface area contributed by atoms with Crippen molar-refractivity contribution in [2.45, 2.75) is 25.7 Å². The first-order valence-corrected chi connectivity index (χ1v) is 6.77. The molecule has 1 aliphatic rings. The van der Waals surface area contributed by atoms with Crippen LogP contribution in [0.1, 0.15) is 31.2 Å². The quantitative estimate of drug-likeness (QED) is 0.484. The van der Waals surface area contributed by atoms with Crippen LogP contribution < -0.4 is 0 Å². The summed E-state index contributed by atoms with van der Waals surface area (Å²) in [5.74, 6) is 0. The molecular weight excluding hydrogens is 266 g/mol. The van der Waals surface area contributed by atoms with E-state index in [4.69, 9.17) is 11.6 Å². The van der Waals surface area contributed by atoms with Crippen LogP contribution in [0.5, 0.6) is 0 Å². The van der Waals surface area contributed by atoms with Crippen molar-refractivity contribution in [3.05, 3.63) is 38.9 Å². The molecule has 1 saturated heterocycles. The van der Waals surface area contributed by atoms with Gasteiger partial charge >= 0.3 is 0 Å². The molecule has 0 aromatic heterocycles. The molecule has 1 aromatic carbocycles. The zero-order valence-electron chi connectivity index (χ0n) is 10.6. The summed E-state index contributed by atoms with van der Waals surface area (Å²) in [6.45, 7) is 1.90. The maximum absolute atomic E-state index is 10.8. The molecule has 1 heterocycles. The third kappa shape index (κ3) is 3.92. The van der Waals surface area contributed by atoms with Gasteiger partial charge in [0, 0.05) is 24.7 Å². The second-order valence-electron chi connectivity index (χ2n) is 4.58.